The van der Waals surface area contributed by atoms with Crippen molar-refractivity contribution in [2.75, 3.05) is 6.54 Å². The lowest BCUT2D eigenvalue weighted by Crippen LogP contribution is -2.58. The highest BCUT2D eigenvalue weighted by Gasteiger charge is 2.48. The van der Waals surface area contributed by atoms with Gasteiger partial charge in [0, 0.05) is 6.07 Å². The lowest BCUT2D eigenvalue weighted by atomic mass is 9.86. The highest BCUT2D eigenvalue weighted by molar-refractivity contribution is 6.07. The summed E-state index contributed by atoms with van der Waals surface area (Å²) in [5.74, 6) is -3.15. The lowest BCUT2D eigenvalue weighted by molar-refractivity contribution is -0.125. The number of rotatable bonds is 5. The Morgan fingerprint density at radius 3 is 2.67 bits per heavy atom. The zero-order valence-electron chi connectivity index (χ0n) is 14.4. The van der Waals surface area contributed by atoms with Crippen molar-refractivity contribution in [3.05, 3.63) is 41.7 Å². The van der Waals surface area contributed by atoms with E-state index >= 15 is 0 Å². The Bertz CT molecular complexity index is 929. The van der Waals surface area contributed by atoms with Crippen LogP contribution in [-0.4, -0.2) is 44.9 Å². The molecular formula is C16H16F2N6O3. The minimum absolute atomic E-state index is 0.128. The molecule has 2 heterocycles. The second-order valence-electron chi connectivity index (χ2n) is 6.33. The van der Waals surface area contributed by atoms with E-state index in [2.05, 4.69) is 26.1 Å². The summed E-state index contributed by atoms with van der Waals surface area (Å²) < 4.78 is 26.8. The number of nitrogens with zero attached hydrogens (tertiary/aromatic N) is 3. The summed E-state index contributed by atoms with van der Waals surface area (Å²) in [5, 5.41) is 14.8. The fraction of sp³-hybridized carbons (Fsp3) is 0.312. The van der Waals surface area contributed by atoms with E-state index in [0.717, 1.165) is 23.1 Å². The van der Waals surface area contributed by atoms with Crippen LogP contribution in [0.1, 0.15) is 24.3 Å². The van der Waals surface area contributed by atoms with Crippen molar-refractivity contribution in [3.8, 4) is 5.69 Å². The van der Waals surface area contributed by atoms with Crippen molar-refractivity contribution < 1.29 is 23.2 Å². The molecular weight excluding hydrogens is 362 g/mol. The van der Waals surface area contributed by atoms with Crippen molar-refractivity contribution in [3.63, 3.8) is 0 Å². The van der Waals surface area contributed by atoms with Gasteiger partial charge in [-0.25, -0.2) is 13.6 Å². The molecule has 27 heavy (non-hydrogen) atoms. The number of carbonyl (C=O) groups excluding carboxylic acids is 3. The van der Waals surface area contributed by atoms with E-state index in [1.165, 1.54) is 0 Å². The first-order valence-corrected chi connectivity index (χ1v) is 8.02. The number of benzene rings is 1. The van der Waals surface area contributed by atoms with Crippen LogP contribution in [0, 0.1) is 17.6 Å². The summed E-state index contributed by atoms with van der Waals surface area (Å²) in [4.78, 5) is 36.7. The first kappa shape index (κ1) is 18.4. The van der Waals surface area contributed by atoms with Crippen LogP contribution in [0.15, 0.2) is 24.4 Å². The monoisotopic (exact) mass is 378 g/mol. The van der Waals surface area contributed by atoms with Gasteiger partial charge in [-0.2, -0.15) is 5.10 Å². The summed E-state index contributed by atoms with van der Waals surface area (Å²) in [6, 6.07) is 2.21. The maximum atomic E-state index is 13.8. The second kappa shape index (κ2) is 6.74. The minimum atomic E-state index is -1.29. The van der Waals surface area contributed by atoms with Gasteiger partial charge in [-0.1, -0.05) is 13.8 Å². The predicted octanol–water partition coefficient (Wildman–Crippen LogP) is 0.510. The molecule has 0 spiro atoms. The fourth-order valence-electron chi connectivity index (χ4n) is 2.68. The van der Waals surface area contributed by atoms with Crippen molar-refractivity contribution in [2.45, 2.75) is 19.4 Å². The Labute approximate surface area is 152 Å². The van der Waals surface area contributed by atoms with E-state index in [1.807, 2.05) is 0 Å². The molecule has 0 aliphatic carbocycles. The van der Waals surface area contributed by atoms with Crippen molar-refractivity contribution in [1.82, 2.24) is 30.9 Å². The van der Waals surface area contributed by atoms with E-state index in [-0.39, 0.29) is 23.8 Å². The molecule has 1 atom stereocenters. The van der Waals surface area contributed by atoms with Crippen LogP contribution in [0.3, 0.4) is 0 Å². The Balaban J connectivity index is 1.75. The molecule has 2 aromatic rings. The van der Waals surface area contributed by atoms with Gasteiger partial charge in [-0.3, -0.25) is 14.9 Å². The molecule has 1 unspecified atom stereocenters. The Kier molecular flexibility index (Phi) is 4.60. The molecule has 9 nitrogen and oxygen atoms in total. The first-order valence-electron chi connectivity index (χ1n) is 8.02. The minimum Gasteiger partial charge on any atom is -0.348 e. The standard InChI is InChI=1S/C16H16F2N6O3/c1-8(2)16(14(26)21-15(27)22-16)7-19-13(25)11-6-20-24(23-11)12-4-3-9(17)5-10(12)18/h3-6,8H,7H2,1-2H3,(H,19,25)(H2,21,22,26,27). The van der Waals surface area contributed by atoms with E-state index in [1.54, 1.807) is 13.8 Å². The highest BCUT2D eigenvalue weighted by atomic mass is 19.1. The number of imide groups is 1. The van der Waals surface area contributed by atoms with Crippen molar-refractivity contribution in [1.29, 1.82) is 0 Å². The van der Waals surface area contributed by atoms with Crippen LogP contribution in [-0.2, 0) is 4.79 Å². The SMILES string of the molecule is CC(C)C1(CNC(=O)c2cnn(-c3ccc(F)cc3F)n2)NC(=O)NC1=O. The molecule has 1 aromatic carbocycles. The van der Waals surface area contributed by atoms with Gasteiger partial charge in [0.25, 0.3) is 11.8 Å². The van der Waals surface area contributed by atoms with E-state index in [9.17, 15) is 23.2 Å². The van der Waals surface area contributed by atoms with Crippen LogP contribution in [0.4, 0.5) is 13.6 Å². The molecule has 3 rings (SSSR count). The number of aromatic nitrogens is 3. The Hall–Kier alpha value is -3.37. The molecule has 142 valence electrons. The van der Waals surface area contributed by atoms with Gasteiger partial charge in [-0.05, 0) is 18.1 Å². The third-order valence-electron chi connectivity index (χ3n) is 4.33. The molecule has 0 radical (unpaired) electrons. The highest BCUT2D eigenvalue weighted by Crippen LogP contribution is 2.20. The molecule has 1 fully saturated rings. The number of halogens is 2. The number of carbonyl (C=O) groups is 3. The van der Waals surface area contributed by atoms with Crippen molar-refractivity contribution >= 4 is 17.8 Å². The molecule has 0 saturated carbocycles. The van der Waals surface area contributed by atoms with Gasteiger partial charge in [0.15, 0.2) is 11.5 Å². The molecule has 3 N–H and O–H groups in total. The molecule has 11 heteroatoms. The third-order valence-corrected chi connectivity index (χ3v) is 4.33. The Morgan fingerprint density at radius 1 is 1.33 bits per heavy atom. The van der Waals surface area contributed by atoms with Crippen LogP contribution in [0.5, 0.6) is 0 Å². The van der Waals surface area contributed by atoms with E-state index in [4.69, 9.17) is 0 Å². The smallest absolute Gasteiger partial charge is 0.322 e. The molecule has 1 aromatic heterocycles. The topological polar surface area (TPSA) is 118 Å². The molecule has 1 saturated heterocycles. The average Bonchev–Trinajstić information content (AvgIpc) is 3.18. The van der Waals surface area contributed by atoms with Crippen LogP contribution in [0.25, 0.3) is 5.69 Å². The van der Waals surface area contributed by atoms with Gasteiger partial charge < -0.3 is 10.6 Å². The molecule has 1 aliphatic heterocycles. The van der Waals surface area contributed by atoms with E-state index < -0.39 is 35.0 Å². The number of nitrogens with one attached hydrogen (secondary N) is 3. The summed E-state index contributed by atoms with van der Waals surface area (Å²) in [6.07, 6.45) is 1.10. The average molecular weight is 378 g/mol. The summed E-state index contributed by atoms with van der Waals surface area (Å²) in [7, 11) is 0. The predicted molar refractivity (Wildman–Crippen MR) is 87.9 cm³/mol. The van der Waals surface area contributed by atoms with E-state index in [0.29, 0.717) is 6.07 Å². The molecule has 4 amide bonds. The number of hydrogen-bond acceptors (Lipinski definition) is 5. The Morgan fingerprint density at radius 2 is 2.07 bits per heavy atom. The lowest BCUT2D eigenvalue weighted by Gasteiger charge is -2.30. The largest absolute Gasteiger partial charge is 0.348 e. The molecule has 1 aliphatic rings. The summed E-state index contributed by atoms with van der Waals surface area (Å²) in [6.45, 7) is 3.29. The summed E-state index contributed by atoms with van der Waals surface area (Å²) >= 11 is 0. The van der Waals surface area contributed by atoms with Gasteiger partial charge in [0.1, 0.15) is 17.0 Å². The fourth-order valence-corrected chi connectivity index (χ4v) is 2.68. The molecule has 0 bridgehead atoms. The van der Waals surface area contributed by atoms with Crippen LogP contribution >= 0.6 is 0 Å². The van der Waals surface area contributed by atoms with Gasteiger partial charge in [-0.15, -0.1) is 9.90 Å². The zero-order valence-corrected chi connectivity index (χ0v) is 14.4. The van der Waals surface area contributed by atoms with Gasteiger partial charge >= 0.3 is 6.03 Å². The zero-order chi connectivity index (χ0) is 19.8. The quantitative estimate of drug-likeness (QED) is 0.655. The summed E-state index contributed by atoms with van der Waals surface area (Å²) in [5.41, 5.74) is -1.55. The number of urea groups is 1. The van der Waals surface area contributed by atoms with Gasteiger partial charge in [0.05, 0.1) is 12.7 Å². The number of amides is 4. The third kappa shape index (κ3) is 3.35. The van der Waals surface area contributed by atoms with Crippen molar-refractivity contribution in [2.24, 2.45) is 5.92 Å². The van der Waals surface area contributed by atoms with Gasteiger partial charge in [0.2, 0.25) is 0 Å². The maximum absolute atomic E-state index is 13.8. The van der Waals surface area contributed by atoms with Crippen LogP contribution < -0.4 is 16.0 Å². The number of hydrogen-bond donors (Lipinski definition) is 3. The normalized spacial score (nSPS) is 19.1. The van der Waals surface area contributed by atoms with Crippen LogP contribution in [0.2, 0.25) is 0 Å². The second-order valence-corrected chi connectivity index (χ2v) is 6.33. The first-order chi connectivity index (χ1) is 12.7. The maximum Gasteiger partial charge on any atom is 0.322 e.